The highest BCUT2D eigenvalue weighted by molar-refractivity contribution is 6.01. The van der Waals surface area contributed by atoms with Crippen LogP contribution in [0.4, 0.5) is 5.69 Å². The standard InChI is InChI=1S/C24H20N2O5/c1-15(23(27)25-20-10-6-7-11-21(20)29-2)30-24(28)17-12-13-19-18(14-17)22(31-26-19)16-8-4-3-5-9-16/h3-15H,1-2H3,(H,25,27)/t15-/m0/s1. The first kappa shape index (κ1) is 20.2. The van der Waals surface area contributed by atoms with E-state index in [-0.39, 0.29) is 0 Å². The largest absolute Gasteiger partial charge is 0.495 e. The van der Waals surface area contributed by atoms with Crippen molar-refractivity contribution in [2.24, 2.45) is 0 Å². The second kappa shape index (κ2) is 8.71. The lowest BCUT2D eigenvalue weighted by Gasteiger charge is -2.15. The molecule has 1 amide bonds. The quantitative estimate of drug-likeness (QED) is 0.459. The lowest BCUT2D eigenvalue weighted by molar-refractivity contribution is -0.123. The van der Waals surface area contributed by atoms with Crippen molar-refractivity contribution in [2.45, 2.75) is 13.0 Å². The third kappa shape index (κ3) is 4.25. The lowest BCUT2D eigenvalue weighted by atomic mass is 10.1. The molecule has 0 saturated heterocycles. The minimum Gasteiger partial charge on any atom is -0.495 e. The van der Waals surface area contributed by atoms with Crippen LogP contribution in [-0.2, 0) is 9.53 Å². The molecule has 4 aromatic rings. The second-order valence-electron chi connectivity index (χ2n) is 6.85. The van der Waals surface area contributed by atoms with Gasteiger partial charge in [-0.2, -0.15) is 0 Å². The van der Waals surface area contributed by atoms with Crippen LogP contribution in [0.1, 0.15) is 17.3 Å². The number of hydrogen-bond donors (Lipinski definition) is 1. The van der Waals surface area contributed by atoms with Gasteiger partial charge in [0.15, 0.2) is 11.9 Å². The highest BCUT2D eigenvalue weighted by Gasteiger charge is 2.21. The normalized spacial score (nSPS) is 11.7. The zero-order chi connectivity index (χ0) is 21.8. The predicted molar refractivity (Wildman–Crippen MR) is 116 cm³/mol. The Morgan fingerprint density at radius 3 is 2.52 bits per heavy atom. The van der Waals surface area contributed by atoms with Gasteiger partial charge in [0.1, 0.15) is 11.3 Å². The number of para-hydroxylation sites is 2. The van der Waals surface area contributed by atoms with Gasteiger partial charge in [0.05, 0.1) is 23.7 Å². The number of esters is 1. The molecule has 0 unspecified atom stereocenters. The predicted octanol–water partition coefficient (Wildman–Crippen LogP) is 4.69. The van der Waals surface area contributed by atoms with Crippen LogP contribution in [0, 0.1) is 0 Å². The molecular formula is C24H20N2O5. The highest BCUT2D eigenvalue weighted by Crippen LogP contribution is 2.29. The monoisotopic (exact) mass is 416 g/mol. The van der Waals surface area contributed by atoms with E-state index in [1.54, 1.807) is 42.5 Å². The van der Waals surface area contributed by atoms with Gasteiger partial charge in [-0.05, 0) is 37.3 Å². The molecule has 1 atom stereocenters. The smallest absolute Gasteiger partial charge is 0.338 e. The first-order valence-electron chi connectivity index (χ1n) is 9.66. The number of carbonyl (C=O) groups excluding carboxylic acids is 2. The number of anilines is 1. The first-order valence-corrected chi connectivity index (χ1v) is 9.66. The highest BCUT2D eigenvalue weighted by atomic mass is 16.5. The maximum absolute atomic E-state index is 12.7. The molecule has 0 spiro atoms. The zero-order valence-electron chi connectivity index (χ0n) is 17.0. The van der Waals surface area contributed by atoms with Crippen LogP contribution in [0.3, 0.4) is 0 Å². The van der Waals surface area contributed by atoms with Gasteiger partial charge >= 0.3 is 5.97 Å². The fraction of sp³-hybridized carbons (Fsp3) is 0.125. The molecule has 31 heavy (non-hydrogen) atoms. The number of fused-ring (bicyclic) bond motifs is 1. The van der Waals surface area contributed by atoms with Crippen LogP contribution < -0.4 is 10.1 Å². The van der Waals surface area contributed by atoms with E-state index in [0.29, 0.717) is 33.7 Å². The zero-order valence-corrected chi connectivity index (χ0v) is 17.0. The summed E-state index contributed by atoms with van der Waals surface area (Å²) in [5, 5.41) is 7.44. The molecule has 3 aromatic carbocycles. The number of carbonyl (C=O) groups is 2. The van der Waals surface area contributed by atoms with Gasteiger partial charge in [-0.3, -0.25) is 4.79 Å². The Morgan fingerprint density at radius 1 is 1.00 bits per heavy atom. The van der Waals surface area contributed by atoms with Crippen molar-refractivity contribution in [3.63, 3.8) is 0 Å². The molecule has 0 saturated carbocycles. The van der Waals surface area contributed by atoms with Crippen LogP contribution in [0.25, 0.3) is 22.2 Å². The number of rotatable bonds is 6. The SMILES string of the molecule is COc1ccccc1NC(=O)[C@H](C)OC(=O)c1ccc2noc(-c3ccccc3)c2c1. The minimum absolute atomic E-state index is 0.296. The van der Waals surface area contributed by atoms with E-state index in [1.807, 2.05) is 30.3 Å². The van der Waals surface area contributed by atoms with Crippen molar-refractivity contribution in [3.8, 4) is 17.1 Å². The molecule has 1 heterocycles. The van der Waals surface area contributed by atoms with Gasteiger partial charge in [0.25, 0.3) is 5.91 Å². The van der Waals surface area contributed by atoms with Crippen LogP contribution in [0.2, 0.25) is 0 Å². The third-order valence-electron chi connectivity index (χ3n) is 4.77. The van der Waals surface area contributed by atoms with E-state index < -0.39 is 18.0 Å². The average Bonchev–Trinajstić information content (AvgIpc) is 3.23. The summed E-state index contributed by atoms with van der Waals surface area (Å²) in [6.45, 7) is 1.51. The summed E-state index contributed by atoms with van der Waals surface area (Å²) in [6.07, 6.45) is -1.01. The molecule has 7 nitrogen and oxygen atoms in total. The maximum atomic E-state index is 12.7. The molecule has 0 aliphatic carbocycles. The van der Waals surface area contributed by atoms with E-state index in [4.69, 9.17) is 14.0 Å². The van der Waals surface area contributed by atoms with E-state index in [0.717, 1.165) is 5.56 Å². The van der Waals surface area contributed by atoms with E-state index >= 15 is 0 Å². The molecule has 0 aliphatic rings. The van der Waals surface area contributed by atoms with Crippen molar-refractivity contribution in [3.05, 3.63) is 78.4 Å². The van der Waals surface area contributed by atoms with Gasteiger partial charge in [0.2, 0.25) is 0 Å². The fourth-order valence-electron chi connectivity index (χ4n) is 3.13. The molecule has 0 radical (unpaired) electrons. The number of aromatic nitrogens is 1. The summed E-state index contributed by atoms with van der Waals surface area (Å²) in [7, 11) is 1.51. The minimum atomic E-state index is -1.01. The summed E-state index contributed by atoms with van der Waals surface area (Å²) in [5.74, 6) is -0.00777. The second-order valence-corrected chi connectivity index (χ2v) is 6.85. The fourth-order valence-corrected chi connectivity index (χ4v) is 3.13. The Balaban J connectivity index is 1.51. The van der Waals surface area contributed by atoms with Crippen LogP contribution in [0.5, 0.6) is 5.75 Å². The Bertz CT molecular complexity index is 1230. The van der Waals surface area contributed by atoms with E-state index in [9.17, 15) is 9.59 Å². The van der Waals surface area contributed by atoms with Gasteiger partial charge in [-0.1, -0.05) is 47.6 Å². The third-order valence-corrected chi connectivity index (χ3v) is 4.77. The number of nitrogens with one attached hydrogen (secondary N) is 1. The van der Waals surface area contributed by atoms with Crippen LogP contribution in [-0.4, -0.2) is 30.2 Å². The number of methoxy groups -OCH3 is 1. The maximum Gasteiger partial charge on any atom is 0.338 e. The first-order chi connectivity index (χ1) is 15.1. The Hall–Kier alpha value is -4.13. The van der Waals surface area contributed by atoms with Gasteiger partial charge in [-0.15, -0.1) is 0 Å². The van der Waals surface area contributed by atoms with Crippen molar-refractivity contribution in [1.29, 1.82) is 0 Å². The summed E-state index contributed by atoms with van der Waals surface area (Å²) in [5.41, 5.74) is 2.26. The lowest BCUT2D eigenvalue weighted by Crippen LogP contribution is -2.30. The van der Waals surface area contributed by atoms with Gasteiger partial charge < -0.3 is 19.3 Å². The summed E-state index contributed by atoms with van der Waals surface area (Å²) in [4.78, 5) is 25.2. The Morgan fingerprint density at radius 2 is 1.74 bits per heavy atom. The van der Waals surface area contributed by atoms with E-state index in [2.05, 4.69) is 10.5 Å². The topological polar surface area (TPSA) is 90.7 Å². The van der Waals surface area contributed by atoms with Crippen molar-refractivity contribution >= 4 is 28.5 Å². The number of hydrogen-bond acceptors (Lipinski definition) is 6. The molecule has 0 bridgehead atoms. The molecule has 1 N–H and O–H groups in total. The summed E-state index contributed by atoms with van der Waals surface area (Å²) < 4.78 is 16.1. The molecule has 0 fully saturated rings. The van der Waals surface area contributed by atoms with Crippen molar-refractivity contribution < 1.29 is 23.6 Å². The van der Waals surface area contributed by atoms with Crippen molar-refractivity contribution in [2.75, 3.05) is 12.4 Å². The molecule has 0 aliphatic heterocycles. The molecule has 4 rings (SSSR count). The van der Waals surface area contributed by atoms with E-state index in [1.165, 1.54) is 14.0 Å². The molecular weight excluding hydrogens is 396 g/mol. The molecule has 7 heteroatoms. The Labute approximate surface area is 178 Å². The number of benzene rings is 3. The number of amides is 1. The molecule has 156 valence electrons. The van der Waals surface area contributed by atoms with Gasteiger partial charge in [-0.25, -0.2) is 4.79 Å². The van der Waals surface area contributed by atoms with Gasteiger partial charge in [0, 0.05) is 5.56 Å². The van der Waals surface area contributed by atoms with Crippen molar-refractivity contribution in [1.82, 2.24) is 5.16 Å². The average molecular weight is 416 g/mol. The number of ether oxygens (including phenoxy) is 2. The van der Waals surface area contributed by atoms with Crippen LogP contribution in [0.15, 0.2) is 77.3 Å². The molecule has 1 aromatic heterocycles. The number of nitrogens with zero attached hydrogens (tertiary/aromatic N) is 1. The van der Waals surface area contributed by atoms with Crippen LogP contribution >= 0.6 is 0 Å². The summed E-state index contributed by atoms with van der Waals surface area (Å²) in [6, 6.07) is 21.4. The Kier molecular flexibility index (Phi) is 5.66. The summed E-state index contributed by atoms with van der Waals surface area (Å²) >= 11 is 0.